The first kappa shape index (κ1) is 18.5. The lowest BCUT2D eigenvalue weighted by molar-refractivity contribution is -0.114. The average Bonchev–Trinajstić information content (AvgIpc) is 2.54. The van der Waals surface area contributed by atoms with E-state index in [-0.39, 0.29) is 17.3 Å². The van der Waals surface area contributed by atoms with Crippen LogP contribution in [0, 0.1) is 6.92 Å². The number of aryl methyl sites for hydroxylation is 1. The molecule has 0 aliphatic carbocycles. The summed E-state index contributed by atoms with van der Waals surface area (Å²) in [5.74, 6) is -0.243. The molecule has 0 saturated heterocycles. The van der Waals surface area contributed by atoms with Crippen LogP contribution < -0.4 is 10.0 Å². The van der Waals surface area contributed by atoms with Crippen molar-refractivity contribution in [2.75, 3.05) is 11.6 Å². The Bertz CT molecular complexity index is 831. The number of thioether (sulfide) groups is 1. The fraction of sp³-hybridized carbons (Fsp3) is 0.235. The summed E-state index contributed by atoms with van der Waals surface area (Å²) < 4.78 is 27.5. The number of anilines is 1. The molecule has 2 rings (SSSR count). The zero-order chi connectivity index (χ0) is 17.7. The summed E-state index contributed by atoms with van der Waals surface area (Å²) in [7, 11) is -3.66. The van der Waals surface area contributed by atoms with E-state index in [0.717, 1.165) is 16.0 Å². The predicted molar refractivity (Wildman–Crippen MR) is 97.7 cm³/mol. The van der Waals surface area contributed by atoms with Crippen molar-refractivity contribution in [2.45, 2.75) is 30.2 Å². The first-order chi connectivity index (χ1) is 11.3. The maximum Gasteiger partial charge on any atom is 0.240 e. The summed E-state index contributed by atoms with van der Waals surface area (Å²) in [4.78, 5) is 12.2. The van der Waals surface area contributed by atoms with Gasteiger partial charge < -0.3 is 5.32 Å². The molecule has 0 atom stereocenters. The van der Waals surface area contributed by atoms with Gasteiger partial charge in [0.1, 0.15) is 0 Å². The van der Waals surface area contributed by atoms with E-state index < -0.39 is 10.0 Å². The number of rotatable bonds is 6. The van der Waals surface area contributed by atoms with E-state index in [1.165, 1.54) is 30.8 Å². The average molecular weight is 364 g/mol. The molecule has 5 nitrogen and oxygen atoms in total. The molecule has 2 N–H and O–H groups in total. The highest BCUT2D eigenvalue weighted by Crippen LogP contribution is 2.28. The monoisotopic (exact) mass is 364 g/mol. The van der Waals surface area contributed by atoms with Crippen molar-refractivity contribution < 1.29 is 13.2 Å². The van der Waals surface area contributed by atoms with E-state index in [1.54, 1.807) is 6.07 Å². The Morgan fingerprint density at radius 1 is 1.12 bits per heavy atom. The minimum Gasteiger partial charge on any atom is -0.325 e. The van der Waals surface area contributed by atoms with E-state index in [9.17, 15) is 13.2 Å². The Kier molecular flexibility index (Phi) is 6.04. The maximum absolute atomic E-state index is 12.5. The van der Waals surface area contributed by atoms with Crippen LogP contribution in [-0.4, -0.2) is 20.6 Å². The second kappa shape index (κ2) is 7.83. The smallest absolute Gasteiger partial charge is 0.240 e. The minimum absolute atomic E-state index is 0.121. The molecule has 0 radical (unpaired) electrons. The molecule has 0 fully saturated rings. The van der Waals surface area contributed by atoms with Gasteiger partial charge in [-0.25, -0.2) is 13.1 Å². The highest BCUT2D eigenvalue weighted by molar-refractivity contribution is 7.98. The molecular formula is C17H20N2O3S2. The lowest BCUT2D eigenvalue weighted by atomic mass is 10.2. The van der Waals surface area contributed by atoms with Crippen molar-refractivity contribution in [1.82, 2.24) is 4.72 Å². The van der Waals surface area contributed by atoms with Gasteiger partial charge >= 0.3 is 0 Å². The normalized spacial score (nSPS) is 11.3. The number of carbonyl (C=O) groups excluding carboxylic acids is 1. The second-order valence-electron chi connectivity index (χ2n) is 5.35. The second-order valence-corrected chi connectivity index (χ2v) is 7.97. The van der Waals surface area contributed by atoms with Crippen LogP contribution in [-0.2, 0) is 21.4 Å². The Hall–Kier alpha value is -1.83. The standard InChI is InChI=1S/C17H20N2O3S2/c1-12-4-6-14(7-5-12)11-18-24(21,22)15-8-9-17(23-3)16(10-15)19-13(2)20/h4-10,18H,11H2,1-3H3,(H,19,20). The van der Waals surface area contributed by atoms with Gasteiger partial charge in [0.25, 0.3) is 0 Å². The summed E-state index contributed by atoms with van der Waals surface area (Å²) in [6.07, 6.45) is 1.87. The van der Waals surface area contributed by atoms with Gasteiger partial charge in [0.2, 0.25) is 15.9 Å². The molecule has 2 aromatic rings. The summed E-state index contributed by atoms with van der Waals surface area (Å²) in [6.45, 7) is 3.58. The molecule has 0 aromatic heterocycles. The number of amides is 1. The van der Waals surface area contributed by atoms with Crippen LogP contribution in [0.2, 0.25) is 0 Å². The fourth-order valence-electron chi connectivity index (χ4n) is 2.11. The SMILES string of the molecule is CSc1ccc(S(=O)(=O)NCc2ccc(C)cc2)cc1NC(C)=O. The van der Waals surface area contributed by atoms with Crippen molar-refractivity contribution in [3.8, 4) is 0 Å². The number of hydrogen-bond acceptors (Lipinski definition) is 4. The Morgan fingerprint density at radius 2 is 1.79 bits per heavy atom. The zero-order valence-corrected chi connectivity index (χ0v) is 15.4. The summed E-state index contributed by atoms with van der Waals surface area (Å²) in [6, 6.07) is 12.3. The van der Waals surface area contributed by atoms with Gasteiger partial charge in [-0.15, -0.1) is 11.8 Å². The number of nitrogens with one attached hydrogen (secondary N) is 2. The number of hydrogen-bond donors (Lipinski definition) is 2. The number of carbonyl (C=O) groups is 1. The third-order valence-electron chi connectivity index (χ3n) is 3.38. The largest absolute Gasteiger partial charge is 0.325 e. The molecule has 0 bridgehead atoms. The lowest BCUT2D eigenvalue weighted by Crippen LogP contribution is -2.23. The third kappa shape index (κ3) is 4.83. The summed E-state index contributed by atoms with van der Waals surface area (Å²) >= 11 is 1.44. The Labute approximate surface area is 146 Å². The number of benzene rings is 2. The third-order valence-corrected chi connectivity index (χ3v) is 5.57. The van der Waals surface area contributed by atoms with E-state index in [4.69, 9.17) is 0 Å². The van der Waals surface area contributed by atoms with Crippen molar-refractivity contribution in [3.63, 3.8) is 0 Å². The molecule has 0 spiro atoms. The van der Waals surface area contributed by atoms with E-state index in [1.807, 2.05) is 37.4 Å². The van der Waals surface area contributed by atoms with Gasteiger partial charge in [0.05, 0.1) is 10.6 Å². The molecule has 0 aliphatic heterocycles. The summed E-state index contributed by atoms with van der Waals surface area (Å²) in [5, 5.41) is 2.66. The molecule has 0 saturated carbocycles. The molecule has 1 amide bonds. The predicted octanol–water partition coefficient (Wildman–Crippen LogP) is 3.15. The Balaban J connectivity index is 2.21. The van der Waals surface area contributed by atoms with Crippen LogP contribution in [0.1, 0.15) is 18.1 Å². The van der Waals surface area contributed by atoms with Gasteiger partial charge in [-0.2, -0.15) is 0 Å². The van der Waals surface area contributed by atoms with Crippen LogP contribution in [0.5, 0.6) is 0 Å². The van der Waals surface area contributed by atoms with Crippen molar-refractivity contribution in [3.05, 3.63) is 53.6 Å². The van der Waals surface area contributed by atoms with E-state index in [0.29, 0.717) is 5.69 Å². The molecule has 0 heterocycles. The summed E-state index contributed by atoms with van der Waals surface area (Å²) in [5.41, 5.74) is 2.49. The lowest BCUT2D eigenvalue weighted by Gasteiger charge is -2.12. The minimum atomic E-state index is -3.66. The first-order valence-corrected chi connectivity index (χ1v) is 10.0. The Morgan fingerprint density at radius 3 is 2.38 bits per heavy atom. The van der Waals surface area contributed by atoms with Crippen molar-refractivity contribution in [2.24, 2.45) is 0 Å². The van der Waals surface area contributed by atoms with Gasteiger partial charge in [0.15, 0.2) is 0 Å². The van der Waals surface area contributed by atoms with Crippen molar-refractivity contribution >= 4 is 33.4 Å². The molecule has 7 heteroatoms. The number of sulfonamides is 1. The zero-order valence-electron chi connectivity index (χ0n) is 13.8. The van der Waals surface area contributed by atoms with Crippen molar-refractivity contribution in [1.29, 1.82) is 0 Å². The molecule has 128 valence electrons. The molecule has 0 aliphatic rings. The van der Waals surface area contributed by atoms with Gasteiger partial charge in [-0.05, 0) is 36.9 Å². The molecule has 0 unspecified atom stereocenters. The van der Waals surface area contributed by atoms with Gasteiger partial charge in [-0.1, -0.05) is 29.8 Å². The topological polar surface area (TPSA) is 75.3 Å². The first-order valence-electron chi connectivity index (χ1n) is 7.32. The van der Waals surface area contributed by atoms with Crippen LogP contribution in [0.25, 0.3) is 0 Å². The van der Waals surface area contributed by atoms with E-state index >= 15 is 0 Å². The van der Waals surface area contributed by atoms with Gasteiger partial charge in [-0.3, -0.25) is 4.79 Å². The van der Waals surface area contributed by atoms with Crippen LogP contribution >= 0.6 is 11.8 Å². The van der Waals surface area contributed by atoms with E-state index in [2.05, 4.69) is 10.0 Å². The highest BCUT2D eigenvalue weighted by Gasteiger charge is 2.16. The quantitative estimate of drug-likeness (QED) is 0.772. The van der Waals surface area contributed by atoms with Gasteiger partial charge in [0, 0.05) is 18.4 Å². The van der Waals surface area contributed by atoms with Crippen LogP contribution in [0.4, 0.5) is 5.69 Å². The highest BCUT2D eigenvalue weighted by atomic mass is 32.2. The molecule has 24 heavy (non-hydrogen) atoms. The molecular weight excluding hydrogens is 344 g/mol. The fourth-order valence-corrected chi connectivity index (χ4v) is 3.69. The van der Waals surface area contributed by atoms with Crippen LogP contribution in [0.15, 0.2) is 52.3 Å². The van der Waals surface area contributed by atoms with Crippen LogP contribution in [0.3, 0.4) is 0 Å². The maximum atomic E-state index is 12.5. The molecule has 2 aromatic carbocycles.